The fraction of sp³-hybridized carbons (Fsp3) is 0.533. The van der Waals surface area contributed by atoms with E-state index in [1.165, 1.54) is 18.6 Å². The Bertz CT molecular complexity index is 399. The van der Waals surface area contributed by atoms with Crippen LogP contribution in [0.1, 0.15) is 36.5 Å². The third-order valence-corrected chi connectivity index (χ3v) is 4.64. The molecule has 1 saturated heterocycles. The van der Waals surface area contributed by atoms with Gasteiger partial charge in [0.15, 0.2) is 0 Å². The molecule has 1 atom stereocenters. The molecule has 1 aromatic rings. The first-order valence-electron chi connectivity index (χ1n) is 7.03. The smallest absolute Gasteiger partial charge is 0.251 e. The van der Waals surface area contributed by atoms with E-state index in [9.17, 15) is 4.79 Å². The van der Waals surface area contributed by atoms with E-state index < -0.39 is 0 Å². The predicted octanol–water partition coefficient (Wildman–Crippen LogP) is 3.13. The van der Waals surface area contributed by atoms with Gasteiger partial charge in [-0.05, 0) is 49.3 Å². The maximum atomic E-state index is 12.0. The number of amides is 1. The van der Waals surface area contributed by atoms with Crippen molar-refractivity contribution < 1.29 is 4.79 Å². The minimum atomic E-state index is 0.0366. The van der Waals surface area contributed by atoms with E-state index in [4.69, 9.17) is 0 Å². The summed E-state index contributed by atoms with van der Waals surface area (Å²) < 4.78 is 0. The summed E-state index contributed by atoms with van der Waals surface area (Å²) in [6.07, 6.45) is 3.61. The van der Waals surface area contributed by atoms with Crippen molar-refractivity contribution in [2.24, 2.45) is 0 Å². The van der Waals surface area contributed by atoms with Crippen molar-refractivity contribution in [2.45, 2.75) is 31.4 Å². The van der Waals surface area contributed by atoms with Crippen molar-refractivity contribution in [3.05, 3.63) is 29.8 Å². The maximum Gasteiger partial charge on any atom is 0.251 e. The molecule has 1 heterocycles. The normalized spacial score (nSPS) is 18.3. The molecule has 2 rings (SSSR count). The second-order valence-corrected chi connectivity index (χ2v) is 6.26. The highest BCUT2D eigenvalue weighted by atomic mass is 32.2. The van der Waals surface area contributed by atoms with Crippen LogP contribution in [0.2, 0.25) is 0 Å². The topological polar surface area (TPSA) is 41.1 Å². The molecule has 1 unspecified atom stereocenters. The minimum Gasteiger partial charge on any atom is -0.385 e. The van der Waals surface area contributed by atoms with Crippen LogP contribution in [0.5, 0.6) is 0 Å². The van der Waals surface area contributed by atoms with Gasteiger partial charge in [-0.2, -0.15) is 11.8 Å². The Labute approximate surface area is 119 Å². The van der Waals surface area contributed by atoms with Crippen LogP contribution in [-0.4, -0.2) is 30.0 Å². The van der Waals surface area contributed by atoms with Crippen molar-refractivity contribution in [1.29, 1.82) is 0 Å². The Morgan fingerprint density at radius 2 is 2.16 bits per heavy atom. The number of hydrogen-bond donors (Lipinski definition) is 2. The molecule has 0 aromatic heterocycles. The second-order valence-electron chi connectivity index (χ2n) is 4.85. The van der Waals surface area contributed by atoms with Gasteiger partial charge in [0.05, 0.1) is 0 Å². The summed E-state index contributed by atoms with van der Waals surface area (Å²) in [6.45, 7) is 3.89. The molecule has 1 aliphatic heterocycles. The summed E-state index contributed by atoms with van der Waals surface area (Å²) in [5, 5.41) is 6.93. The Balaban J connectivity index is 1.81. The lowest BCUT2D eigenvalue weighted by Gasteiger charge is -2.10. The molecule has 3 nitrogen and oxygen atoms in total. The average molecular weight is 278 g/mol. The SMILES string of the molecule is CCCNc1ccc(C(=O)NCC2CCCS2)cc1. The van der Waals surface area contributed by atoms with Crippen molar-refractivity contribution in [2.75, 3.05) is 24.2 Å². The average Bonchev–Trinajstić information content (AvgIpc) is 2.96. The minimum absolute atomic E-state index is 0.0366. The molecule has 2 N–H and O–H groups in total. The quantitative estimate of drug-likeness (QED) is 0.840. The number of carbonyl (C=O) groups excluding carboxylic acids is 1. The van der Waals surface area contributed by atoms with E-state index in [1.54, 1.807) is 0 Å². The summed E-state index contributed by atoms with van der Waals surface area (Å²) in [6, 6.07) is 7.70. The number of benzene rings is 1. The van der Waals surface area contributed by atoms with Crippen LogP contribution < -0.4 is 10.6 Å². The van der Waals surface area contributed by atoms with Crippen molar-refractivity contribution in [1.82, 2.24) is 5.32 Å². The third kappa shape index (κ3) is 4.46. The van der Waals surface area contributed by atoms with Crippen LogP contribution in [-0.2, 0) is 0 Å². The highest BCUT2D eigenvalue weighted by Gasteiger charge is 2.16. The van der Waals surface area contributed by atoms with Gasteiger partial charge in [0.25, 0.3) is 5.91 Å². The zero-order chi connectivity index (χ0) is 13.5. The second kappa shape index (κ2) is 7.43. The molecule has 0 saturated carbocycles. The first-order valence-corrected chi connectivity index (χ1v) is 8.08. The molecule has 1 aromatic carbocycles. The Morgan fingerprint density at radius 1 is 1.37 bits per heavy atom. The molecule has 1 amide bonds. The Kier molecular flexibility index (Phi) is 5.58. The highest BCUT2D eigenvalue weighted by Crippen LogP contribution is 2.25. The van der Waals surface area contributed by atoms with Crippen molar-refractivity contribution in [3.63, 3.8) is 0 Å². The van der Waals surface area contributed by atoms with Gasteiger partial charge >= 0.3 is 0 Å². The van der Waals surface area contributed by atoms with Crippen molar-refractivity contribution in [3.8, 4) is 0 Å². The number of nitrogens with one attached hydrogen (secondary N) is 2. The van der Waals surface area contributed by atoms with E-state index >= 15 is 0 Å². The summed E-state index contributed by atoms with van der Waals surface area (Å²) in [4.78, 5) is 12.0. The Hall–Kier alpha value is -1.16. The van der Waals surface area contributed by atoms with Gasteiger partial charge in [-0.25, -0.2) is 0 Å². The molecule has 19 heavy (non-hydrogen) atoms. The maximum absolute atomic E-state index is 12.0. The monoisotopic (exact) mass is 278 g/mol. The van der Waals surface area contributed by atoms with E-state index in [-0.39, 0.29) is 5.91 Å². The zero-order valence-electron chi connectivity index (χ0n) is 11.4. The first kappa shape index (κ1) is 14.3. The van der Waals surface area contributed by atoms with Gasteiger partial charge in [0, 0.05) is 29.6 Å². The van der Waals surface area contributed by atoms with Gasteiger partial charge in [-0.1, -0.05) is 6.92 Å². The van der Waals surface area contributed by atoms with E-state index in [2.05, 4.69) is 17.6 Å². The van der Waals surface area contributed by atoms with Crippen LogP contribution in [0, 0.1) is 0 Å². The van der Waals surface area contributed by atoms with E-state index in [0.717, 1.165) is 30.8 Å². The molecule has 0 aliphatic carbocycles. The van der Waals surface area contributed by atoms with Gasteiger partial charge < -0.3 is 10.6 Å². The molecule has 1 fully saturated rings. The number of anilines is 1. The van der Waals surface area contributed by atoms with E-state index in [0.29, 0.717) is 5.25 Å². The van der Waals surface area contributed by atoms with Crippen LogP contribution in [0.25, 0.3) is 0 Å². The standard InChI is InChI=1S/C15H22N2OS/c1-2-9-16-13-7-5-12(6-8-13)15(18)17-11-14-4-3-10-19-14/h5-8,14,16H,2-4,9-11H2,1H3,(H,17,18). The van der Waals surface area contributed by atoms with Gasteiger partial charge in [-0.15, -0.1) is 0 Å². The largest absolute Gasteiger partial charge is 0.385 e. The molecule has 0 bridgehead atoms. The fourth-order valence-electron chi connectivity index (χ4n) is 2.12. The highest BCUT2D eigenvalue weighted by molar-refractivity contribution is 8.00. The molecule has 1 aliphatic rings. The first-order chi connectivity index (χ1) is 9.29. The summed E-state index contributed by atoms with van der Waals surface area (Å²) in [7, 11) is 0. The van der Waals surface area contributed by atoms with Crippen LogP contribution in [0.3, 0.4) is 0 Å². The third-order valence-electron chi connectivity index (χ3n) is 3.24. The van der Waals surface area contributed by atoms with Gasteiger partial charge in [0.2, 0.25) is 0 Å². The molecule has 4 heteroatoms. The number of thioether (sulfide) groups is 1. The molecule has 0 spiro atoms. The van der Waals surface area contributed by atoms with Crippen molar-refractivity contribution >= 4 is 23.4 Å². The van der Waals surface area contributed by atoms with E-state index in [1.807, 2.05) is 36.0 Å². The number of carbonyl (C=O) groups is 1. The predicted molar refractivity (Wildman–Crippen MR) is 83.0 cm³/mol. The molecular formula is C15H22N2OS. The van der Waals surface area contributed by atoms with Gasteiger partial charge in [-0.3, -0.25) is 4.79 Å². The van der Waals surface area contributed by atoms with Crippen LogP contribution >= 0.6 is 11.8 Å². The number of hydrogen-bond acceptors (Lipinski definition) is 3. The fourth-order valence-corrected chi connectivity index (χ4v) is 3.32. The lowest BCUT2D eigenvalue weighted by molar-refractivity contribution is 0.0953. The summed E-state index contributed by atoms with van der Waals surface area (Å²) in [5.41, 5.74) is 1.81. The number of rotatable bonds is 6. The zero-order valence-corrected chi connectivity index (χ0v) is 12.3. The molecular weight excluding hydrogens is 256 g/mol. The molecule has 104 valence electrons. The lowest BCUT2D eigenvalue weighted by Crippen LogP contribution is -2.29. The summed E-state index contributed by atoms with van der Waals surface area (Å²) >= 11 is 1.97. The Morgan fingerprint density at radius 3 is 2.79 bits per heavy atom. The van der Waals surface area contributed by atoms with Crippen LogP contribution in [0.4, 0.5) is 5.69 Å². The van der Waals surface area contributed by atoms with Crippen LogP contribution in [0.15, 0.2) is 24.3 Å². The molecule has 0 radical (unpaired) electrons. The summed E-state index contributed by atoms with van der Waals surface area (Å²) in [5.74, 6) is 1.27. The lowest BCUT2D eigenvalue weighted by atomic mass is 10.2. The van der Waals surface area contributed by atoms with Gasteiger partial charge in [0.1, 0.15) is 0 Å².